The summed E-state index contributed by atoms with van der Waals surface area (Å²) < 4.78 is 22.9. The Morgan fingerprint density at radius 2 is 1.82 bits per heavy atom. The van der Waals surface area contributed by atoms with Crippen LogP contribution in [0.1, 0.15) is 24.8 Å². The summed E-state index contributed by atoms with van der Waals surface area (Å²) in [5.41, 5.74) is 0.815. The van der Waals surface area contributed by atoms with E-state index in [1.54, 1.807) is 12.1 Å². The van der Waals surface area contributed by atoms with Crippen molar-refractivity contribution in [3.8, 4) is 0 Å². The second kappa shape index (κ2) is 8.15. The number of aliphatic hydroxyl groups is 1. The van der Waals surface area contributed by atoms with Gasteiger partial charge in [0, 0.05) is 12.2 Å². The molecule has 1 aromatic rings. The highest BCUT2D eigenvalue weighted by Gasteiger charge is 2.25. The van der Waals surface area contributed by atoms with Crippen molar-refractivity contribution in [2.45, 2.75) is 35.0 Å². The van der Waals surface area contributed by atoms with Crippen molar-refractivity contribution >= 4 is 38.9 Å². The third-order valence-corrected chi connectivity index (χ3v) is 4.91. The highest BCUT2D eigenvalue weighted by atomic mass is 35.5. The molecule has 0 aromatic heterocycles. The standard InChI is InChI=1S/C14H19Cl2NO4S/c1-3-11(12(8-18)17-14(19)13(15)16)9-4-6-10(7-5-9)22(2,20)21/h4-7,11-13,18H,3,8H2,1-2H3,(H,17,19)/t11-,12+/m1/s1. The number of nitrogens with one attached hydrogen (secondary N) is 1. The van der Waals surface area contributed by atoms with Crippen LogP contribution in [0.5, 0.6) is 0 Å². The van der Waals surface area contributed by atoms with Gasteiger partial charge in [0.1, 0.15) is 0 Å². The molecule has 0 bridgehead atoms. The molecule has 0 saturated carbocycles. The van der Waals surface area contributed by atoms with Crippen molar-refractivity contribution in [1.82, 2.24) is 5.32 Å². The Hall–Kier alpha value is -0.820. The molecular weight excluding hydrogens is 349 g/mol. The van der Waals surface area contributed by atoms with Gasteiger partial charge >= 0.3 is 0 Å². The molecule has 2 N–H and O–H groups in total. The van der Waals surface area contributed by atoms with Crippen LogP contribution in [0.15, 0.2) is 29.2 Å². The smallest absolute Gasteiger partial charge is 0.253 e. The molecule has 0 saturated heterocycles. The van der Waals surface area contributed by atoms with E-state index >= 15 is 0 Å². The van der Waals surface area contributed by atoms with Gasteiger partial charge in [0.05, 0.1) is 17.5 Å². The van der Waals surface area contributed by atoms with Crippen molar-refractivity contribution in [3.63, 3.8) is 0 Å². The Morgan fingerprint density at radius 1 is 1.27 bits per heavy atom. The minimum atomic E-state index is -3.26. The molecule has 8 heteroatoms. The number of halogens is 2. The third kappa shape index (κ3) is 5.12. The second-order valence-electron chi connectivity index (χ2n) is 4.95. The molecule has 1 amide bonds. The van der Waals surface area contributed by atoms with Crippen LogP contribution in [0.4, 0.5) is 0 Å². The first-order valence-corrected chi connectivity index (χ1v) is 9.46. The van der Waals surface area contributed by atoms with Crippen LogP contribution in [-0.4, -0.2) is 43.2 Å². The molecule has 0 aliphatic heterocycles. The van der Waals surface area contributed by atoms with Crippen LogP contribution in [0, 0.1) is 0 Å². The lowest BCUT2D eigenvalue weighted by atomic mass is 9.89. The summed E-state index contributed by atoms with van der Waals surface area (Å²) in [6.07, 6.45) is 1.77. The van der Waals surface area contributed by atoms with Crippen LogP contribution >= 0.6 is 23.2 Å². The van der Waals surface area contributed by atoms with E-state index < -0.39 is 26.6 Å². The van der Waals surface area contributed by atoms with Gasteiger partial charge in [-0.15, -0.1) is 0 Å². The first kappa shape index (κ1) is 19.2. The summed E-state index contributed by atoms with van der Waals surface area (Å²) in [5.74, 6) is -0.761. The molecule has 0 heterocycles. The molecule has 5 nitrogen and oxygen atoms in total. The average Bonchev–Trinajstić information content (AvgIpc) is 2.46. The van der Waals surface area contributed by atoms with E-state index in [1.165, 1.54) is 12.1 Å². The SMILES string of the molecule is CC[C@H](c1ccc(S(C)(=O)=O)cc1)[C@H](CO)NC(=O)C(Cl)Cl. The minimum absolute atomic E-state index is 0.186. The van der Waals surface area contributed by atoms with E-state index in [0.717, 1.165) is 11.8 Å². The number of carbonyl (C=O) groups excluding carboxylic acids is 1. The van der Waals surface area contributed by atoms with Crippen molar-refractivity contribution in [3.05, 3.63) is 29.8 Å². The first-order valence-electron chi connectivity index (χ1n) is 6.70. The fraction of sp³-hybridized carbons (Fsp3) is 0.500. The fourth-order valence-electron chi connectivity index (χ4n) is 2.23. The van der Waals surface area contributed by atoms with Gasteiger partial charge in [-0.25, -0.2) is 8.42 Å². The molecule has 0 aliphatic rings. The Labute approximate surface area is 140 Å². The summed E-state index contributed by atoms with van der Waals surface area (Å²) in [5, 5.41) is 12.1. The lowest BCUT2D eigenvalue weighted by molar-refractivity contribution is -0.120. The normalized spacial score (nSPS) is 14.6. The Balaban J connectivity index is 3.00. The number of hydrogen-bond acceptors (Lipinski definition) is 4. The van der Waals surface area contributed by atoms with Crippen molar-refractivity contribution < 1.29 is 18.3 Å². The molecule has 1 aromatic carbocycles. The van der Waals surface area contributed by atoms with E-state index in [1.807, 2.05) is 6.92 Å². The Kier molecular flexibility index (Phi) is 7.12. The van der Waals surface area contributed by atoms with E-state index in [0.29, 0.717) is 6.42 Å². The molecule has 0 fully saturated rings. The predicted octanol–water partition coefficient (Wildman–Crippen LogP) is 1.86. The molecule has 22 heavy (non-hydrogen) atoms. The van der Waals surface area contributed by atoms with Gasteiger partial charge in [0.15, 0.2) is 14.7 Å². The Bertz CT molecular complexity index is 602. The zero-order valence-corrected chi connectivity index (χ0v) is 14.6. The topological polar surface area (TPSA) is 83.5 Å². The number of rotatable bonds is 7. The average molecular weight is 368 g/mol. The number of amides is 1. The van der Waals surface area contributed by atoms with E-state index in [-0.39, 0.29) is 17.4 Å². The maximum atomic E-state index is 11.6. The van der Waals surface area contributed by atoms with Crippen molar-refractivity contribution in [2.24, 2.45) is 0 Å². The van der Waals surface area contributed by atoms with Gasteiger partial charge < -0.3 is 10.4 Å². The number of benzene rings is 1. The van der Waals surface area contributed by atoms with Gasteiger partial charge in [-0.05, 0) is 24.1 Å². The molecule has 0 spiro atoms. The zero-order valence-electron chi connectivity index (χ0n) is 12.3. The molecular formula is C14H19Cl2NO4S. The molecule has 0 unspecified atom stereocenters. The highest BCUT2D eigenvalue weighted by molar-refractivity contribution is 7.90. The van der Waals surface area contributed by atoms with Crippen molar-refractivity contribution in [1.29, 1.82) is 0 Å². The summed E-state index contributed by atoms with van der Waals surface area (Å²) in [7, 11) is -3.26. The predicted molar refractivity (Wildman–Crippen MR) is 87.1 cm³/mol. The zero-order chi connectivity index (χ0) is 16.9. The molecule has 0 radical (unpaired) electrons. The molecule has 1 rings (SSSR count). The molecule has 2 atom stereocenters. The number of carbonyl (C=O) groups is 1. The van der Waals surface area contributed by atoms with Crippen LogP contribution in [0.25, 0.3) is 0 Å². The van der Waals surface area contributed by atoms with Crippen LogP contribution in [-0.2, 0) is 14.6 Å². The second-order valence-corrected chi connectivity index (χ2v) is 8.07. The summed E-state index contributed by atoms with van der Waals surface area (Å²) in [6.45, 7) is 1.63. The number of aliphatic hydroxyl groups excluding tert-OH is 1. The monoisotopic (exact) mass is 367 g/mol. The maximum absolute atomic E-state index is 11.6. The van der Waals surface area contributed by atoms with E-state index in [2.05, 4.69) is 5.32 Å². The van der Waals surface area contributed by atoms with Gasteiger partial charge in [-0.1, -0.05) is 42.3 Å². The van der Waals surface area contributed by atoms with E-state index in [9.17, 15) is 18.3 Å². The Morgan fingerprint density at radius 3 is 2.18 bits per heavy atom. The lowest BCUT2D eigenvalue weighted by Crippen LogP contribution is -2.44. The highest BCUT2D eigenvalue weighted by Crippen LogP contribution is 2.25. The van der Waals surface area contributed by atoms with Gasteiger partial charge in [-0.3, -0.25) is 4.79 Å². The molecule has 0 aliphatic carbocycles. The van der Waals surface area contributed by atoms with Gasteiger partial charge in [0.2, 0.25) is 0 Å². The molecule has 124 valence electrons. The van der Waals surface area contributed by atoms with Crippen LogP contribution in [0.2, 0.25) is 0 Å². The number of hydrogen-bond donors (Lipinski definition) is 2. The minimum Gasteiger partial charge on any atom is -0.394 e. The van der Waals surface area contributed by atoms with E-state index in [4.69, 9.17) is 23.2 Å². The van der Waals surface area contributed by atoms with Gasteiger partial charge in [0.25, 0.3) is 5.91 Å². The lowest BCUT2D eigenvalue weighted by Gasteiger charge is -2.26. The van der Waals surface area contributed by atoms with Crippen molar-refractivity contribution in [2.75, 3.05) is 12.9 Å². The fourth-order valence-corrected chi connectivity index (χ4v) is 2.99. The summed E-state index contributed by atoms with van der Waals surface area (Å²) >= 11 is 11.0. The largest absolute Gasteiger partial charge is 0.394 e. The van der Waals surface area contributed by atoms with Crippen LogP contribution < -0.4 is 5.32 Å². The number of alkyl halides is 2. The quantitative estimate of drug-likeness (QED) is 0.720. The van der Waals surface area contributed by atoms with Crippen LogP contribution in [0.3, 0.4) is 0 Å². The summed E-state index contributed by atoms with van der Waals surface area (Å²) in [6, 6.07) is 5.82. The summed E-state index contributed by atoms with van der Waals surface area (Å²) in [4.78, 5) is 10.6. The third-order valence-electron chi connectivity index (χ3n) is 3.38. The number of sulfone groups is 1. The first-order chi connectivity index (χ1) is 10.2. The van der Waals surface area contributed by atoms with Gasteiger partial charge in [-0.2, -0.15) is 0 Å². The maximum Gasteiger partial charge on any atom is 0.253 e.